The Morgan fingerprint density at radius 2 is 1.67 bits per heavy atom. The predicted molar refractivity (Wildman–Crippen MR) is 170 cm³/mol. The second-order valence-corrected chi connectivity index (χ2v) is 11.1. The molecule has 13 nitrogen and oxygen atoms in total. The molecule has 0 atom stereocenters. The van der Waals surface area contributed by atoms with Crippen LogP contribution in [-0.2, 0) is 20.8 Å². The highest BCUT2D eigenvalue weighted by Crippen LogP contribution is 2.26. The van der Waals surface area contributed by atoms with Gasteiger partial charge in [-0.1, -0.05) is 24.3 Å². The Morgan fingerprint density at radius 1 is 0.956 bits per heavy atom. The maximum Gasteiger partial charge on any atom is 0.323 e. The first-order valence-electron chi connectivity index (χ1n) is 15.0. The molecule has 0 saturated carbocycles. The first-order chi connectivity index (χ1) is 21.5. The number of hydrogen-bond acceptors (Lipinski definition) is 6. The smallest absolute Gasteiger partial charge is 0.323 e. The standard InChI is InChI=1S/C32H44N6O7/c1-23-9-5-6-10-25(23)33-31(43)34-26-13-12-24(21-27(26)45-4)22-29(40)35(2)19-20-36(3)32(44)38(18-14-30(41)42)17-8-16-37-15-7-11-28(37)39/h5-6,9-10,12-13,21H,7-8,11,14-20,22H2,1-4H3,(H,41,42)(H2,33,34,43). The molecule has 1 aliphatic heterocycles. The number of para-hydroxylation sites is 1. The third kappa shape index (κ3) is 10.7. The number of ether oxygens (including phenoxy) is 1. The van der Waals surface area contributed by atoms with Gasteiger partial charge in [-0.25, -0.2) is 9.59 Å². The van der Waals surface area contributed by atoms with E-state index in [1.165, 1.54) is 21.8 Å². The van der Waals surface area contributed by atoms with E-state index in [0.29, 0.717) is 55.2 Å². The molecular weight excluding hydrogens is 580 g/mol. The van der Waals surface area contributed by atoms with Gasteiger partial charge in [-0.3, -0.25) is 14.4 Å². The van der Waals surface area contributed by atoms with Gasteiger partial charge in [0.25, 0.3) is 0 Å². The number of anilines is 2. The Labute approximate surface area is 264 Å². The SMILES string of the molecule is COc1cc(CC(=O)N(C)CCN(C)C(=O)N(CCCN2CCCC2=O)CCC(=O)O)ccc1NC(=O)Nc1ccccc1C. The molecule has 1 aliphatic rings. The summed E-state index contributed by atoms with van der Waals surface area (Å²) < 4.78 is 5.45. The number of nitrogens with zero attached hydrogens (tertiary/aromatic N) is 4. The summed E-state index contributed by atoms with van der Waals surface area (Å²) in [4.78, 5) is 68.0. The van der Waals surface area contributed by atoms with Crippen LogP contribution in [0, 0.1) is 6.92 Å². The number of amides is 6. The highest BCUT2D eigenvalue weighted by molar-refractivity contribution is 6.01. The number of carbonyl (C=O) groups excluding carboxylic acids is 4. The zero-order valence-corrected chi connectivity index (χ0v) is 26.5. The summed E-state index contributed by atoms with van der Waals surface area (Å²) in [7, 11) is 4.75. The summed E-state index contributed by atoms with van der Waals surface area (Å²) in [6.07, 6.45) is 1.83. The van der Waals surface area contributed by atoms with Gasteiger partial charge in [-0.15, -0.1) is 0 Å². The summed E-state index contributed by atoms with van der Waals surface area (Å²) >= 11 is 0. The molecule has 0 spiro atoms. The number of rotatable bonds is 15. The Bertz CT molecular complexity index is 1370. The van der Waals surface area contributed by atoms with Crippen molar-refractivity contribution in [2.75, 3.05) is 71.1 Å². The van der Waals surface area contributed by atoms with Crippen molar-refractivity contribution >= 4 is 41.2 Å². The van der Waals surface area contributed by atoms with Crippen LogP contribution in [0.2, 0.25) is 0 Å². The van der Waals surface area contributed by atoms with E-state index in [1.807, 2.05) is 25.1 Å². The topological polar surface area (TPSA) is 152 Å². The lowest BCUT2D eigenvalue weighted by Gasteiger charge is -2.30. The number of hydrogen-bond donors (Lipinski definition) is 3. The molecule has 1 saturated heterocycles. The number of aryl methyl sites for hydroxylation is 1. The van der Waals surface area contributed by atoms with Crippen molar-refractivity contribution in [1.82, 2.24) is 19.6 Å². The molecule has 6 amide bonds. The van der Waals surface area contributed by atoms with Crippen LogP contribution < -0.4 is 15.4 Å². The number of likely N-dealkylation sites (tertiary alicyclic amines) is 1. The summed E-state index contributed by atoms with van der Waals surface area (Å²) in [6, 6.07) is 11.8. The van der Waals surface area contributed by atoms with E-state index in [9.17, 15) is 24.0 Å². The summed E-state index contributed by atoms with van der Waals surface area (Å²) in [5.41, 5.74) is 2.76. The maximum absolute atomic E-state index is 13.1. The van der Waals surface area contributed by atoms with Gasteiger partial charge < -0.3 is 40.1 Å². The minimum absolute atomic E-state index is 0.0570. The average Bonchev–Trinajstić information content (AvgIpc) is 3.42. The first-order valence-corrected chi connectivity index (χ1v) is 15.0. The minimum atomic E-state index is -0.999. The van der Waals surface area contributed by atoms with Crippen molar-refractivity contribution in [3.05, 3.63) is 53.6 Å². The monoisotopic (exact) mass is 624 g/mol. The quantitative estimate of drug-likeness (QED) is 0.274. The molecule has 3 rings (SSSR count). The third-order valence-corrected chi connectivity index (χ3v) is 7.68. The largest absolute Gasteiger partial charge is 0.495 e. The molecule has 0 aliphatic carbocycles. The van der Waals surface area contributed by atoms with E-state index < -0.39 is 12.0 Å². The van der Waals surface area contributed by atoms with Crippen LogP contribution in [0.25, 0.3) is 0 Å². The van der Waals surface area contributed by atoms with Crippen LogP contribution in [0.15, 0.2) is 42.5 Å². The number of benzene rings is 2. The third-order valence-electron chi connectivity index (χ3n) is 7.68. The van der Waals surface area contributed by atoms with Crippen molar-refractivity contribution in [1.29, 1.82) is 0 Å². The summed E-state index contributed by atoms with van der Waals surface area (Å²) in [5, 5.41) is 14.7. The molecular formula is C32H44N6O7. The number of carboxylic acids is 1. The van der Waals surface area contributed by atoms with Gasteiger partial charge in [-0.2, -0.15) is 0 Å². The average molecular weight is 625 g/mol. The predicted octanol–water partition coefficient (Wildman–Crippen LogP) is 3.49. The van der Waals surface area contributed by atoms with Crippen molar-refractivity contribution in [3.8, 4) is 5.75 Å². The number of methoxy groups -OCH3 is 1. The molecule has 0 aromatic heterocycles. The lowest BCUT2D eigenvalue weighted by atomic mass is 10.1. The Balaban J connectivity index is 1.50. The molecule has 45 heavy (non-hydrogen) atoms. The zero-order chi connectivity index (χ0) is 32.9. The number of urea groups is 2. The fourth-order valence-corrected chi connectivity index (χ4v) is 4.94. The molecule has 0 radical (unpaired) electrons. The van der Waals surface area contributed by atoms with Gasteiger partial charge in [0, 0.05) is 65.5 Å². The van der Waals surface area contributed by atoms with Crippen LogP contribution in [0.3, 0.4) is 0 Å². The van der Waals surface area contributed by atoms with Gasteiger partial charge in [0.1, 0.15) is 5.75 Å². The fraction of sp³-hybridized carbons (Fsp3) is 0.469. The number of likely N-dealkylation sites (N-methyl/N-ethyl adjacent to an activating group) is 2. The van der Waals surface area contributed by atoms with Gasteiger partial charge >= 0.3 is 18.0 Å². The molecule has 1 heterocycles. The number of aliphatic carboxylic acids is 1. The summed E-state index contributed by atoms with van der Waals surface area (Å²) in [6.45, 7) is 4.04. The van der Waals surface area contributed by atoms with Gasteiger partial charge in [0.2, 0.25) is 11.8 Å². The number of nitrogens with one attached hydrogen (secondary N) is 2. The Morgan fingerprint density at radius 3 is 2.33 bits per heavy atom. The fourth-order valence-electron chi connectivity index (χ4n) is 4.94. The van der Waals surface area contributed by atoms with Crippen LogP contribution in [0.4, 0.5) is 21.0 Å². The number of carbonyl (C=O) groups is 5. The van der Waals surface area contributed by atoms with Gasteiger partial charge in [0.15, 0.2) is 0 Å². The maximum atomic E-state index is 13.1. The van der Waals surface area contributed by atoms with E-state index in [-0.39, 0.29) is 50.3 Å². The van der Waals surface area contributed by atoms with Crippen LogP contribution in [0.5, 0.6) is 5.75 Å². The van der Waals surface area contributed by atoms with Crippen molar-refractivity contribution in [2.45, 2.75) is 39.0 Å². The normalized spacial score (nSPS) is 12.4. The molecule has 1 fully saturated rings. The molecule has 2 aromatic rings. The minimum Gasteiger partial charge on any atom is -0.495 e. The molecule has 13 heteroatoms. The summed E-state index contributed by atoms with van der Waals surface area (Å²) in [5.74, 6) is -0.658. The van der Waals surface area contributed by atoms with Crippen LogP contribution >= 0.6 is 0 Å². The molecule has 0 unspecified atom stereocenters. The Kier molecular flexibility index (Phi) is 13.0. The molecule has 3 N–H and O–H groups in total. The van der Waals surface area contributed by atoms with Crippen molar-refractivity contribution < 1.29 is 33.8 Å². The van der Waals surface area contributed by atoms with E-state index in [4.69, 9.17) is 9.84 Å². The highest BCUT2D eigenvalue weighted by atomic mass is 16.5. The van der Waals surface area contributed by atoms with E-state index in [1.54, 1.807) is 43.3 Å². The first kappa shape index (κ1) is 34.7. The van der Waals surface area contributed by atoms with Gasteiger partial charge in [0.05, 0.1) is 25.6 Å². The lowest BCUT2D eigenvalue weighted by Crippen LogP contribution is -2.46. The molecule has 244 valence electrons. The second-order valence-electron chi connectivity index (χ2n) is 11.1. The lowest BCUT2D eigenvalue weighted by molar-refractivity contribution is -0.137. The van der Waals surface area contributed by atoms with E-state index in [0.717, 1.165) is 12.0 Å². The van der Waals surface area contributed by atoms with Crippen molar-refractivity contribution in [3.63, 3.8) is 0 Å². The molecule has 2 aromatic carbocycles. The van der Waals surface area contributed by atoms with E-state index in [2.05, 4.69) is 10.6 Å². The second kappa shape index (κ2) is 16.9. The van der Waals surface area contributed by atoms with Crippen LogP contribution in [-0.4, -0.2) is 115 Å². The number of carboxylic acid groups (broad SMARTS) is 1. The van der Waals surface area contributed by atoms with Crippen LogP contribution in [0.1, 0.15) is 36.8 Å². The van der Waals surface area contributed by atoms with Gasteiger partial charge in [-0.05, 0) is 49.1 Å². The highest BCUT2D eigenvalue weighted by Gasteiger charge is 2.23. The van der Waals surface area contributed by atoms with E-state index >= 15 is 0 Å². The van der Waals surface area contributed by atoms with Crippen molar-refractivity contribution in [2.24, 2.45) is 0 Å². The Hall–Kier alpha value is -4.81. The zero-order valence-electron chi connectivity index (χ0n) is 26.5. The molecule has 0 bridgehead atoms.